The standard InChI is InChI=1S/C25H28ClN3O3/c1-18-10-12-27(13-11-18)14-15-28(16-19-6-8-20(26)9-7-19)23(30)17-29-24(31)21-4-2-3-5-22(21)25(29)32/h2-9,18H,10-17H2,1H3. The molecule has 168 valence electrons. The first-order valence-corrected chi connectivity index (χ1v) is 11.5. The van der Waals surface area contributed by atoms with Crippen LogP contribution >= 0.6 is 11.6 Å². The highest BCUT2D eigenvalue weighted by Crippen LogP contribution is 2.23. The summed E-state index contributed by atoms with van der Waals surface area (Å²) in [6, 6.07) is 14.1. The third-order valence-corrected chi connectivity index (χ3v) is 6.63. The van der Waals surface area contributed by atoms with Crippen LogP contribution in [0.3, 0.4) is 0 Å². The van der Waals surface area contributed by atoms with E-state index in [0.29, 0.717) is 29.2 Å². The molecule has 2 aromatic carbocycles. The van der Waals surface area contributed by atoms with Crippen molar-refractivity contribution in [2.75, 3.05) is 32.7 Å². The van der Waals surface area contributed by atoms with Crippen molar-refractivity contribution in [1.29, 1.82) is 0 Å². The molecule has 1 fully saturated rings. The molecule has 7 heteroatoms. The fourth-order valence-corrected chi connectivity index (χ4v) is 4.39. The summed E-state index contributed by atoms with van der Waals surface area (Å²) in [4.78, 5) is 43.9. The number of rotatable bonds is 7. The summed E-state index contributed by atoms with van der Waals surface area (Å²) in [5, 5.41) is 0.639. The SMILES string of the molecule is CC1CCN(CCN(Cc2ccc(Cl)cc2)C(=O)CN2C(=O)c3ccccc3C2=O)CC1. The molecule has 0 atom stereocenters. The zero-order valence-corrected chi connectivity index (χ0v) is 19.1. The zero-order valence-electron chi connectivity index (χ0n) is 18.3. The van der Waals surface area contributed by atoms with Crippen LogP contribution in [0.5, 0.6) is 0 Å². The summed E-state index contributed by atoms with van der Waals surface area (Å²) in [5.74, 6) is -0.308. The molecule has 4 rings (SSSR count). The second-order valence-corrected chi connectivity index (χ2v) is 9.14. The predicted octanol–water partition coefficient (Wildman–Crippen LogP) is 3.70. The molecule has 2 aliphatic rings. The minimum atomic E-state index is -0.407. The molecule has 1 saturated heterocycles. The number of hydrogen-bond acceptors (Lipinski definition) is 4. The molecule has 2 aromatic rings. The minimum absolute atomic E-state index is 0.236. The monoisotopic (exact) mass is 453 g/mol. The van der Waals surface area contributed by atoms with Gasteiger partial charge in [0.2, 0.25) is 5.91 Å². The Labute approximate surface area is 193 Å². The van der Waals surface area contributed by atoms with Gasteiger partial charge in [-0.3, -0.25) is 19.3 Å². The minimum Gasteiger partial charge on any atom is -0.336 e. The number of nitrogens with zero attached hydrogens (tertiary/aromatic N) is 3. The first-order chi connectivity index (χ1) is 15.4. The average Bonchev–Trinajstić information content (AvgIpc) is 3.04. The summed E-state index contributed by atoms with van der Waals surface area (Å²) >= 11 is 6.01. The number of carbonyl (C=O) groups is 3. The van der Waals surface area contributed by atoms with Crippen LogP contribution in [0.2, 0.25) is 5.02 Å². The van der Waals surface area contributed by atoms with E-state index in [-0.39, 0.29) is 12.5 Å². The van der Waals surface area contributed by atoms with E-state index in [1.165, 1.54) is 12.8 Å². The molecule has 0 bridgehead atoms. The predicted molar refractivity (Wildman–Crippen MR) is 124 cm³/mol. The van der Waals surface area contributed by atoms with Gasteiger partial charge in [-0.25, -0.2) is 0 Å². The normalized spacial score (nSPS) is 17.0. The van der Waals surface area contributed by atoms with E-state index in [2.05, 4.69) is 11.8 Å². The van der Waals surface area contributed by atoms with Crippen molar-refractivity contribution in [1.82, 2.24) is 14.7 Å². The molecule has 0 aromatic heterocycles. The summed E-state index contributed by atoms with van der Waals surface area (Å²) in [5.41, 5.74) is 1.67. The van der Waals surface area contributed by atoms with Crippen molar-refractivity contribution in [3.63, 3.8) is 0 Å². The van der Waals surface area contributed by atoms with Gasteiger partial charge in [0.15, 0.2) is 0 Å². The number of likely N-dealkylation sites (tertiary alicyclic amines) is 1. The van der Waals surface area contributed by atoms with Crippen LogP contribution in [0, 0.1) is 5.92 Å². The Balaban J connectivity index is 1.45. The Kier molecular flexibility index (Phi) is 6.92. The molecular formula is C25H28ClN3O3. The fraction of sp³-hybridized carbons (Fsp3) is 0.400. The van der Waals surface area contributed by atoms with E-state index in [0.717, 1.165) is 36.0 Å². The maximum atomic E-state index is 13.3. The number of fused-ring (bicyclic) bond motifs is 1. The number of halogens is 1. The highest BCUT2D eigenvalue weighted by atomic mass is 35.5. The summed E-state index contributed by atoms with van der Waals surface area (Å²) in [6.07, 6.45) is 2.33. The number of piperidine rings is 1. The van der Waals surface area contributed by atoms with Crippen molar-refractivity contribution < 1.29 is 14.4 Å². The van der Waals surface area contributed by atoms with Gasteiger partial charge in [-0.1, -0.05) is 42.8 Å². The van der Waals surface area contributed by atoms with Crippen LogP contribution in [0.4, 0.5) is 0 Å². The van der Waals surface area contributed by atoms with Crippen molar-refractivity contribution >= 4 is 29.3 Å². The van der Waals surface area contributed by atoms with Crippen LogP contribution in [-0.2, 0) is 11.3 Å². The molecule has 32 heavy (non-hydrogen) atoms. The number of hydrogen-bond donors (Lipinski definition) is 0. The van der Waals surface area contributed by atoms with Gasteiger partial charge in [-0.05, 0) is 61.7 Å². The van der Waals surface area contributed by atoms with E-state index in [1.54, 1.807) is 41.3 Å². The Morgan fingerprint density at radius 2 is 1.59 bits per heavy atom. The van der Waals surface area contributed by atoms with Gasteiger partial charge in [0, 0.05) is 24.7 Å². The lowest BCUT2D eigenvalue weighted by molar-refractivity contribution is -0.132. The smallest absolute Gasteiger partial charge is 0.262 e. The van der Waals surface area contributed by atoms with Crippen LogP contribution in [0.1, 0.15) is 46.0 Å². The Bertz CT molecular complexity index is 965. The first kappa shape index (κ1) is 22.5. The van der Waals surface area contributed by atoms with Crippen molar-refractivity contribution in [2.45, 2.75) is 26.3 Å². The molecule has 2 heterocycles. The molecule has 0 spiro atoms. The summed E-state index contributed by atoms with van der Waals surface area (Å²) in [7, 11) is 0. The van der Waals surface area contributed by atoms with Gasteiger partial charge in [-0.2, -0.15) is 0 Å². The van der Waals surface area contributed by atoms with Crippen molar-refractivity contribution in [2.24, 2.45) is 5.92 Å². The van der Waals surface area contributed by atoms with Gasteiger partial charge < -0.3 is 9.80 Å². The molecular weight excluding hydrogens is 426 g/mol. The Morgan fingerprint density at radius 1 is 1.00 bits per heavy atom. The third-order valence-electron chi connectivity index (χ3n) is 6.37. The van der Waals surface area contributed by atoms with Crippen LogP contribution in [-0.4, -0.2) is 65.1 Å². The van der Waals surface area contributed by atoms with E-state index < -0.39 is 11.8 Å². The number of benzene rings is 2. The van der Waals surface area contributed by atoms with Crippen molar-refractivity contribution in [3.05, 3.63) is 70.2 Å². The van der Waals surface area contributed by atoms with Crippen molar-refractivity contribution in [3.8, 4) is 0 Å². The topological polar surface area (TPSA) is 60.9 Å². The lowest BCUT2D eigenvalue weighted by atomic mass is 9.99. The Morgan fingerprint density at radius 3 is 2.19 bits per heavy atom. The average molecular weight is 454 g/mol. The van der Waals surface area contributed by atoms with Gasteiger partial charge in [-0.15, -0.1) is 0 Å². The van der Waals surface area contributed by atoms with Crippen LogP contribution < -0.4 is 0 Å². The number of carbonyl (C=O) groups excluding carboxylic acids is 3. The molecule has 3 amide bonds. The highest BCUT2D eigenvalue weighted by Gasteiger charge is 2.37. The lowest BCUT2D eigenvalue weighted by Gasteiger charge is -2.33. The third kappa shape index (κ3) is 5.03. The lowest BCUT2D eigenvalue weighted by Crippen LogP contribution is -2.45. The van der Waals surface area contributed by atoms with E-state index in [9.17, 15) is 14.4 Å². The highest BCUT2D eigenvalue weighted by molar-refractivity contribution is 6.30. The molecule has 0 aliphatic carbocycles. The molecule has 0 radical (unpaired) electrons. The van der Waals surface area contributed by atoms with Gasteiger partial charge in [0.05, 0.1) is 11.1 Å². The fourth-order valence-electron chi connectivity index (χ4n) is 4.27. The zero-order chi connectivity index (χ0) is 22.7. The Hall–Kier alpha value is -2.70. The van der Waals surface area contributed by atoms with Gasteiger partial charge >= 0.3 is 0 Å². The molecule has 6 nitrogen and oxygen atoms in total. The largest absolute Gasteiger partial charge is 0.336 e. The molecule has 0 unspecified atom stereocenters. The van der Waals surface area contributed by atoms with Gasteiger partial charge in [0.1, 0.15) is 6.54 Å². The maximum absolute atomic E-state index is 13.3. The maximum Gasteiger partial charge on any atom is 0.262 e. The summed E-state index contributed by atoms with van der Waals surface area (Å²) < 4.78 is 0. The van der Waals surface area contributed by atoms with Gasteiger partial charge in [0.25, 0.3) is 11.8 Å². The van der Waals surface area contributed by atoms with E-state index >= 15 is 0 Å². The van der Waals surface area contributed by atoms with Crippen LogP contribution in [0.15, 0.2) is 48.5 Å². The van der Waals surface area contributed by atoms with Crippen LogP contribution in [0.25, 0.3) is 0 Å². The number of amides is 3. The summed E-state index contributed by atoms with van der Waals surface area (Å²) in [6.45, 7) is 5.80. The molecule has 0 N–H and O–H groups in total. The second kappa shape index (κ2) is 9.84. The molecule has 2 aliphatic heterocycles. The molecule has 0 saturated carbocycles. The second-order valence-electron chi connectivity index (χ2n) is 8.71. The first-order valence-electron chi connectivity index (χ1n) is 11.1. The van der Waals surface area contributed by atoms with E-state index in [4.69, 9.17) is 11.6 Å². The number of imide groups is 1. The van der Waals surface area contributed by atoms with E-state index in [1.807, 2.05) is 12.1 Å². The quantitative estimate of drug-likeness (QED) is 0.600.